The van der Waals surface area contributed by atoms with Crippen LogP contribution < -0.4 is 10.9 Å². The van der Waals surface area contributed by atoms with Gasteiger partial charge in [-0.15, -0.1) is 0 Å². The molecule has 92 valence electrons. The van der Waals surface area contributed by atoms with E-state index in [1.165, 1.54) is 18.3 Å². The average molecular weight is 242 g/mol. The fourth-order valence-electron chi connectivity index (χ4n) is 1.70. The Morgan fingerprint density at radius 3 is 2.56 bits per heavy atom. The van der Waals surface area contributed by atoms with Crippen molar-refractivity contribution >= 4 is 11.6 Å². The smallest absolute Gasteiger partial charge is 0.257 e. The summed E-state index contributed by atoms with van der Waals surface area (Å²) in [6.45, 7) is 3.94. The molecule has 1 aromatic heterocycles. The molecule has 0 aliphatic heterocycles. The number of pyridine rings is 1. The molecule has 2 N–H and O–H groups in total. The number of aromatic amines is 1. The van der Waals surface area contributed by atoms with E-state index in [9.17, 15) is 9.59 Å². The summed E-state index contributed by atoms with van der Waals surface area (Å²) in [6, 6.07) is 8.64. The lowest BCUT2D eigenvalue weighted by atomic mass is 10.1. The number of H-pyrrole nitrogens is 1. The minimum absolute atomic E-state index is 0.224. The van der Waals surface area contributed by atoms with E-state index in [2.05, 4.69) is 10.3 Å². The van der Waals surface area contributed by atoms with Crippen molar-refractivity contribution in [2.45, 2.75) is 13.8 Å². The van der Waals surface area contributed by atoms with Crippen LogP contribution in [0.1, 0.15) is 21.5 Å². The summed E-state index contributed by atoms with van der Waals surface area (Å²) >= 11 is 0. The number of aromatic nitrogens is 1. The summed E-state index contributed by atoms with van der Waals surface area (Å²) in [6.07, 6.45) is 1.40. The molecule has 0 atom stereocenters. The van der Waals surface area contributed by atoms with E-state index < -0.39 is 0 Å². The Labute approximate surface area is 105 Å². The standard InChI is InChI=1S/C14H14N2O2/c1-9-3-5-12(10(2)7-9)16-14(18)11-4-6-13(17)15-8-11/h3-8H,1-2H3,(H,15,17)(H,16,18). The number of anilines is 1. The van der Waals surface area contributed by atoms with Gasteiger partial charge in [0.2, 0.25) is 5.56 Å². The van der Waals surface area contributed by atoms with Crippen molar-refractivity contribution in [3.05, 3.63) is 63.6 Å². The third kappa shape index (κ3) is 2.66. The van der Waals surface area contributed by atoms with Crippen LogP contribution in [0.3, 0.4) is 0 Å². The molecule has 4 heteroatoms. The lowest BCUT2D eigenvalue weighted by Crippen LogP contribution is -2.15. The molecule has 1 heterocycles. The first-order valence-corrected chi connectivity index (χ1v) is 5.63. The summed E-state index contributed by atoms with van der Waals surface area (Å²) in [5.41, 5.74) is 3.13. The second-order valence-electron chi connectivity index (χ2n) is 4.21. The van der Waals surface area contributed by atoms with Crippen LogP contribution >= 0.6 is 0 Å². The zero-order chi connectivity index (χ0) is 13.1. The van der Waals surface area contributed by atoms with Crippen LogP contribution in [0.15, 0.2) is 41.3 Å². The Kier molecular flexibility index (Phi) is 3.28. The minimum Gasteiger partial charge on any atom is -0.328 e. The summed E-state index contributed by atoms with van der Waals surface area (Å²) in [5, 5.41) is 2.81. The second kappa shape index (κ2) is 4.87. The van der Waals surface area contributed by atoms with Gasteiger partial charge in [-0.05, 0) is 31.5 Å². The maximum absolute atomic E-state index is 11.9. The molecule has 0 saturated heterocycles. The molecule has 0 radical (unpaired) electrons. The fourth-order valence-corrected chi connectivity index (χ4v) is 1.70. The topological polar surface area (TPSA) is 62.0 Å². The van der Waals surface area contributed by atoms with Gasteiger partial charge in [-0.1, -0.05) is 17.7 Å². The molecule has 0 bridgehead atoms. The summed E-state index contributed by atoms with van der Waals surface area (Å²) in [7, 11) is 0. The van der Waals surface area contributed by atoms with Gasteiger partial charge in [0.15, 0.2) is 0 Å². The highest BCUT2D eigenvalue weighted by atomic mass is 16.1. The molecule has 0 aliphatic carbocycles. The molecule has 0 fully saturated rings. The predicted octanol–water partition coefficient (Wildman–Crippen LogP) is 2.24. The fraction of sp³-hybridized carbons (Fsp3) is 0.143. The van der Waals surface area contributed by atoms with Gasteiger partial charge in [0, 0.05) is 18.0 Å². The van der Waals surface area contributed by atoms with Gasteiger partial charge in [-0.3, -0.25) is 9.59 Å². The summed E-state index contributed by atoms with van der Waals surface area (Å²) < 4.78 is 0. The Balaban J connectivity index is 2.21. The third-order valence-electron chi connectivity index (χ3n) is 2.68. The third-order valence-corrected chi connectivity index (χ3v) is 2.68. The van der Waals surface area contributed by atoms with E-state index in [0.29, 0.717) is 5.56 Å². The SMILES string of the molecule is Cc1ccc(NC(=O)c2ccc(=O)[nH]c2)c(C)c1. The van der Waals surface area contributed by atoms with Crippen LogP contribution in [0.5, 0.6) is 0 Å². The van der Waals surface area contributed by atoms with Crippen molar-refractivity contribution in [2.75, 3.05) is 5.32 Å². The van der Waals surface area contributed by atoms with Crippen LogP contribution in [0.4, 0.5) is 5.69 Å². The number of carbonyl (C=O) groups is 1. The number of nitrogens with one attached hydrogen (secondary N) is 2. The highest BCUT2D eigenvalue weighted by Crippen LogP contribution is 2.16. The normalized spacial score (nSPS) is 10.1. The van der Waals surface area contributed by atoms with Crippen molar-refractivity contribution in [1.82, 2.24) is 4.98 Å². The van der Waals surface area contributed by atoms with Crippen LogP contribution in [-0.4, -0.2) is 10.9 Å². The van der Waals surface area contributed by atoms with Gasteiger partial charge >= 0.3 is 0 Å². The number of carbonyl (C=O) groups excluding carboxylic acids is 1. The molecule has 1 aromatic carbocycles. The van der Waals surface area contributed by atoms with Crippen molar-refractivity contribution in [3.63, 3.8) is 0 Å². The van der Waals surface area contributed by atoms with Crippen molar-refractivity contribution < 1.29 is 4.79 Å². The first-order valence-electron chi connectivity index (χ1n) is 5.63. The Bertz CT molecular complexity index is 624. The molecule has 18 heavy (non-hydrogen) atoms. The molecule has 0 spiro atoms. The van der Waals surface area contributed by atoms with Crippen LogP contribution in [0.25, 0.3) is 0 Å². The molecule has 2 rings (SSSR count). The van der Waals surface area contributed by atoms with E-state index >= 15 is 0 Å². The van der Waals surface area contributed by atoms with Gasteiger partial charge in [-0.25, -0.2) is 0 Å². The number of benzene rings is 1. The Morgan fingerprint density at radius 2 is 1.94 bits per heavy atom. The maximum atomic E-state index is 11.9. The zero-order valence-corrected chi connectivity index (χ0v) is 10.3. The number of hydrogen-bond acceptors (Lipinski definition) is 2. The Morgan fingerprint density at radius 1 is 1.17 bits per heavy atom. The predicted molar refractivity (Wildman–Crippen MR) is 70.9 cm³/mol. The van der Waals surface area contributed by atoms with E-state index in [4.69, 9.17) is 0 Å². The van der Waals surface area contributed by atoms with E-state index in [-0.39, 0.29) is 11.5 Å². The average Bonchev–Trinajstić information content (AvgIpc) is 2.33. The first-order chi connectivity index (χ1) is 8.56. The molecule has 0 aliphatic rings. The van der Waals surface area contributed by atoms with E-state index in [0.717, 1.165) is 16.8 Å². The first kappa shape index (κ1) is 12.1. The van der Waals surface area contributed by atoms with Gasteiger partial charge < -0.3 is 10.3 Å². The number of amides is 1. The highest BCUT2D eigenvalue weighted by Gasteiger charge is 2.07. The molecule has 0 saturated carbocycles. The van der Waals surface area contributed by atoms with Crippen molar-refractivity contribution in [1.29, 1.82) is 0 Å². The van der Waals surface area contributed by atoms with E-state index in [1.807, 2.05) is 32.0 Å². The van der Waals surface area contributed by atoms with Crippen LogP contribution in [0, 0.1) is 13.8 Å². The monoisotopic (exact) mass is 242 g/mol. The van der Waals surface area contributed by atoms with Crippen molar-refractivity contribution in [2.24, 2.45) is 0 Å². The molecule has 4 nitrogen and oxygen atoms in total. The van der Waals surface area contributed by atoms with E-state index in [1.54, 1.807) is 0 Å². The molecular formula is C14H14N2O2. The van der Waals surface area contributed by atoms with Gasteiger partial charge in [0.05, 0.1) is 5.56 Å². The van der Waals surface area contributed by atoms with Gasteiger partial charge in [0.1, 0.15) is 0 Å². The minimum atomic E-state index is -0.238. The quantitative estimate of drug-likeness (QED) is 0.848. The maximum Gasteiger partial charge on any atom is 0.257 e. The number of aryl methyl sites for hydroxylation is 2. The van der Waals surface area contributed by atoms with Crippen LogP contribution in [-0.2, 0) is 0 Å². The molecular weight excluding hydrogens is 228 g/mol. The largest absolute Gasteiger partial charge is 0.328 e. The van der Waals surface area contributed by atoms with Crippen LogP contribution in [0.2, 0.25) is 0 Å². The van der Waals surface area contributed by atoms with Crippen molar-refractivity contribution in [3.8, 4) is 0 Å². The van der Waals surface area contributed by atoms with Gasteiger partial charge in [-0.2, -0.15) is 0 Å². The Hall–Kier alpha value is -2.36. The second-order valence-corrected chi connectivity index (χ2v) is 4.21. The summed E-state index contributed by atoms with van der Waals surface area (Å²) in [4.78, 5) is 25.3. The summed E-state index contributed by atoms with van der Waals surface area (Å²) in [5.74, 6) is -0.238. The number of rotatable bonds is 2. The zero-order valence-electron chi connectivity index (χ0n) is 10.3. The molecule has 2 aromatic rings. The molecule has 0 unspecified atom stereocenters. The lowest BCUT2D eigenvalue weighted by Gasteiger charge is -2.08. The highest BCUT2D eigenvalue weighted by molar-refractivity contribution is 6.04. The lowest BCUT2D eigenvalue weighted by molar-refractivity contribution is 0.102. The number of hydrogen-bond donors (Lipinski definition) is 2. The van der Waals surface area contributed by atoms with Gasteiger partial charge in [0.25, 0.3) is 5.91 Å². The molecule has 1 amide bonds.